The number of benzene rings is 2. The van der Waals surface area contributed by atoms with Crippen LogP contribution in [0.1, 0.15) is 41.8 Å². The summed E-state index contributed by atoms with van der Waals surface area (Å²) in [7, 11) is 4.59. The molecular weight excluding hydrogens is 372 g/mol. The van der Waals surface area contributed by atoms with E-state index in [1.54, 1.807) is 12.1 Å². The fourth-order valence-corrected chi connectivity index (χ4v) is 3.43. The standard InChI is InChI=1S/C23H28O6/c1-23(2)28-14-18(29-23)11-8-15-6-9-16(10-7-15)21(24)17-12-19(25-3)22(27-5)20(13-17)26-4/h6-7,9-10,12-13,18H,8,11,14H2,1-5H3/t18-/m0/s1. The summed E-state index contributed by atoms with van der Waals surface area (Å²) in [4.78, 5) is 12.9. The number of ether oxygens (including phenoxy) is 5. The Labute approximate surface area is 171 Å². The van der Waals surface area contributed by atoms with Crippen LogP contribution >= 0.6 is 0 Å². The number of hydrogen-bond acceptors (Lipinski definition) is 6. The Morgan fingerprint density at radius 2 is 1.62 bits per heavy atom. The molecule has 156 valence electrons. The number of aryl methyl sites for hydroxylation is 1. The molecule has 0 amide bonds. The van der Waals surface area contributed by atoms with E-state index in [-0.39, 0.29) is 11.9 Å². The van der Waals surface area contributed by atoms with Crippen LogP contribution in [0.15, 0.2) is 36.4 Å². The number of rotatable bonds is 8. The van der Waals surface area contributed by atoms with E-state index < -0.39 is 5.79 Å². The van der Waals surface area contributed by atoms with Crippen LogP contribution < -0.4 is 14.2 Å². The molecule has 3 rings (SSSR count). The van der Waals surface area contributed by atoms with Crippen molar-refractivity contribution >= 4 is 5.78 Å². The third-order valence-corrected chi connectivity index (χ3v) is 4.97. The zero-order valence-corrected chi connectivity index (χ0v) is 17.6. The van der Waals surface area contributed by atoms with Gasteiger partial charge in [0.15, 0.2) is 23.1 Å². The average Bonchev–Trinajstić information content (AvgIpc) is 3.09. The molecule has 1 fully saturated rings. The molecule has 2 aromatic carbocycles. The topological polar surface area (TPSA) is 63.2 Å². The lowest BCUT2D eigenvalue weighted by Gasteiger charge is -2.17. The number of hydrogen-bond donors (Lipinski definition) is 0. The number of methoxy groups -OCH3 is 3. The monoisotopic (exact) mass is 400 g/mol. The molecule has 6 nitrogen and oxygen atoms in total. The molecule has 1 atom stereocenters. The van der Waals surface area contributed by atoms with Crippen LogP contribution in [0.25, 0.3) is 0 Å². The number of ketones is 1. The van der Waals surface area contributed by atoms with Crippen LogP contribution in [0.4, 0.5) is 0 Å². The summed E-state index contributed by atoms with van der Waals surface area (Å²) >= 11 is 0. The zero-order valence-electron chi connectivity index (χ0n) is 17.6. The van der Waals surface area contributed by atoms with Crippen molar-refractivity contribution < 1.29 is 28.5 Å². The number of carbonyl (C=O) groups is 1. The van der Waals surface area contributed by atoms with Crippen molar-refractivity contribution in [2.75, 3.05) is 27.9 Å². The molecule has 0 radical (unpaired) electrons. The maximum absolute atomic E-state index is 12.9. The van der Waals surface area contributed by atoms with Gasteiger partial charge < -0.3 is 23.7 Å². The SMILES string of the molecule is COc1cc(C(=O)c2ccc(CC[C@H]3COC(C)(C)O3)cc2)cc(OC)c1OC. The van der Waals surface area contributed by atoms with Gasteiger partial charge in [-0.2, -0.15) is 0 Å². The second-order valence-corrected chi connectivity index (χ2v) is 7.43. The summed E-state index contributed by atoms with van der Waals surface area (Å²) in [6.45, 7) is 4.47. The highest BCUT2D eigenvalue weighted by Crippen LogP contribution is 2.38. The Balaban J connectivity index is 1.70. The lowest BCUT2D eigenvalue weighted by Crippen LogP contribution is -2.21. The fraction of sp³-hybridized carbons (Fsp3) is 0.435. The van der Waals surface area contributed by atoms with Crippen LogP contribution in [0.5, 0.6) is 17.2 Å². The highest BCUT2D eigenvalue weighted by Gasteiger charge is 2.32. The normalized spacial score (nSPS) is 17.8. The second kappa shape index (κ2) is 8.84. The van der Waals surface area contributed by atoms with E-state index in [4.69, 9.17) is 23.7 Å². The van der Waals surface area contributed by atoms with Crippen molar-refractivity contribution in [3.8, 4) is 17.2 Å². The molecule has 6 heteroatoms. The van der Waals surface area contributed by atoms with Crippen LogP contribution in [0.2, 0.25) is 0 Å². The maximum Gasteiger partial charge on any atom is 0.203 e. The molecule has 0 aliphatic carbocycles. The minimum atomic E-state index is -0.499. The van der Waals surface area contributed by atoms with E-state index in [1.807, 2.05) is 38.1 Å². The quantitative estimate of drug-likeness (QED) is 0.624. The third-order valence-electron chi connectivity index (χ3n) is 4.97. The van der Waals surface area contributed by atoms with Gasteiger partial charge in [-0.05, 0) is 44.4 Å². The molecule has 0 unspecified atom stereocenters. The van der Waals surface area contributed by atoms with E-state index in [1.165, 1.54) is 21.3 Å². The Morgan fingerprint density at radius 1 is 1.00 bits per heavy atom. The summed E-state index contributed by atoms with van der Waals surface area (Å²) in [5, 5.41) is 0. The van der Waals surface area contributed by atoms with E-state index in [0.717, 1.165) is 18.4 Å². The molecule has 1 saturated heterocycles. The van der Waals surface area contributed by atoms with Crippen LogP contribution in [-0.4, -0.2) is 45.6 Å². The summed E-state index contributed by atoms with van der Waals surface area (Å²) in [6.07, 6.45) is 1.84. The van der Waals surface area contributed by atoms with Crippen molar-refractivity contribution in [1.29, 1.82) is 0 Å². The molecular formula is C23H28O6. The van der Waals surface area contributed by atoms with Crippen molar-refractivity contribution in [3.63, 3.8) is 0 Å². The third kappa shape index (κ3) is 4.89. The van der Waals surface area contributed by atoms with Gasteiger partial charge >= 0.3 is 0 Å². The minimum Gasteiger partial charge on any atom is -0.493 e. The highest BCUT2D eigenvalue weighted by atomic mass is 16.7. The first kappa shape index (κ1) is 21.1. The van der Waals surface area contributed by atoms with E-state index in [0.29, 0.717) is 35.0 Å². The van der Waals surface area contributed by atoms with E-state index in [9.17, 15) is 4.79 Å². The Morgan fingerprint density at radius 3 is 2.10 bits per heavy atom. The minimum absolute atomic E-state index is 0.102. The molecule has 0 saturated carbocycles. The van der Waals surface area contributed by atoms with E-state index in [2.05, 4.69) is 0 Å². The molecule has 29 heavy (non-hydrogen) atoms. The van der Waals surface area contributed by atoms with Crippen molar-refractivity contribution in [3.05, 3.63) is 53.1 Å². The molecule has 1 heterocycles. The van der Waals surface area contributed by atoms with Gasteiger partial charge in [0.1, 0.15) is 0 Å². The lowest BCUT2D eigenvalue weighted by molar-refractivity contribution is -0.138. The van der Waals surface area contributed by atoms with Gasteiger partial charge in [-0.3, -0.25) is 4.79 Å². The van der Waals surface area contributed by atoms with Gasteiger partial charge in [0, 0.05) is 11.1 Å². The van der Waals surface area contributed by atoms with Gasteiger partial charge in [-0.15, -0.1) is 0 Å². The van der Waals surface area contributed by atoms with Crippen LogP contribution in [0.3, 0.4) is 0 Å². The van der Waals surface area contributed by atoms with Crippen molar-refractivity contribution in [1.82, 2.24) is 0 Å². The first-order valence-electron chi connectivity index (χ1n) is 9.62. The van der Waals surface area contributed by atoms with Crippen molar-refractivity contribution in [2.24, 2.45) is 0 Å². The molecule has 0 spiro atoms. The Kier molecular flexibility index (Phi) is 6.45. The Bertz CT molecular complexity index is 831. The summed E-state index contributed by atoms with van der Waals surface area (Å²) in [6, 6.07) is 11.0. The Hall–Kier alpha value is -2.57. The fourth-order valence-electron chi connectivity index (χ4n) is 3.43. The lowest BCUT2D eigenvalue weighted by atomic mass is 9.99. The molecule has 0 N–H and O–H groups in total. The molecule has 1 aliphatic rings. The van der Waals surface area contributed by atoms with Crippen LogP contribution in [0, 0.1) is 0 Å². The second-order valence-electron chi connectivity index (χ2n) is 7.43. The summed E-state index contributed by atoms with van der Waals surface area (Å²) < 4.78 is 27.4. The largest absolute Gasteiger partial charge is 0.493 e. The predicted molar refractivity (Wildman–Crippen MR) is 109 cm³/mol. The molecule has 0 bridgehead atoms. The van der Waals surface area contributed by atoms with Gasteiger partial charge in [-0.1, -0.05) is 24.3 Å². The molecule has 1 aliphatic heterocycles. The predicted octanol–water partition coefficient (Wildman–Crippen LogP) is 4.03. The zero-order chi connectivity index (χ0) is 21.0. The highest BCUT2D eigenvalue weighted by molar-refractivity contribution is 6.09. The first-order chi connectivity index (χ1) is 13.9. The van der Waals surface area contributed by atoms with Crippen molar-refractivity contribution in [2.45, 2.75) is 38.6 Å². The molecule has 2 aromatic rings. The summed E-state index contributed by atoms with van der Waals surface area (Å²) in [5.41, 5.74) is 2.23. The van der Waals surface area contributed by atoms with Gasteiger partial charge in [0.05, 0.1) is 34.0 Å². The van der Waals surface area contributed by atoms with Gasteiger partial charge in [-0.25, -0.2) is 0 Å². The first-order valence-corrected chi connectivity index (χ1v) is 9.62. The van der Waals surface area contributed by atoms with Gasteiger partial charge in [0.25, 0.3) is 0 Å². The smallest absolute Gasteiger partial charge is 0.203 e. The summed E-state index contributed by atoms with van der Waals surface area (Å²) in [5.74, 6) is 0.761. The van der Waals surface area contributed by atoms with Gasteiger partial charge in [0.2, 0.25) is 5.75 Å². The molecule has 0 aromatic heterocycles. The van der Waals surface area contributed by atoms with E-state index >= 15 is 0 Å². The number of carbonyl (C=O) groups excluding carboxylic acids is 1. The maximum atomic E-state index is 12.9. The average molecular weight is 400 g/mol. The van der Waals surface area contributed by atoms with Crippen LogP contribution in [-0.2, 0) is 15.9 Å².